The van der Waals surface area contributed by atoms with Crippen LogP contribution in [0.3, 0.4) is 0 Å². The van der Waals surface area contributed by atoms with Crippen molar-refractivity contribution in [2.75, 3.05) is 0 Å². The van der Waals surface area contributed by atoms with Crippen LogP contribution in [-0.4, -0.2) is 31.0 Å². The van der Waals surface area contributed by atoms with E-state index < -0.39 is 5.97 Å². The van der Waals surface area contributed by atoms with E-state index in [1.807, 2.05) is 0 Å². The molecule has 0 atom stereocenters. The smallest absolute Gasteiger partial charge is 0.338 e. The van der Waals surface area contributed by atoms with Gasteiger partial charge in [-0.3, -0.25) is 0 Å². The average Bonchev–Trinajstić information content (AvgIpc) is 2.29. The van der Waals surface area contributed by atoms with Crippen LogP contribution < -0.4 is 0 Å². The summed E-state index contributed by atoms with van der Waals surface area (Å²) >= 11 is 0. The zero-order valence-corrected chi connectivity index (χ0v) is 8.45. The van der Waals surface area contributed by atoms with Gasteiger partial charge in [-0.05, 0) is 13.0 Å². The molecule has 16 heavy (non-hydrogen) atoms. The van der Waals surface area contributed by atoms with Gasteiger partial charge in [0.15, 0.2) is 5.82 Å². The van der Waals surface area contributed by atoms with Crippen LogP contribution in [0.15, 0.2) is 24.7 Å². The van der Waals surface area contributed by atoms with Gasteiger partial charge < -0.3 is 5.11 Å². The number of aryl methyl sites for hydroxylation is 1. The summed E-state index contributed by atoms with van der Waals surface area (Å²) < 4.78 is 0. The van der Waals surface area contributed by atoms with Crippen LogP contribution in [0, 0.1) is 6.92 Å². The molecule has 0 saturated carbocycles. The lowest BCUT2D eigenvalue weighted by atomic mass is 10.3. The maximum atomic E-state index is 10.6. The summed E-state index contributed by atoms with van der Waals surface area (Å²) in [5, 5.41) is 8.68. The first kappa shape index (κ1) is 10.2. The molecule has 0 spiro atoms. The first-order chi connectivity index (χ1) is 7.66. The van der Waals surface area contributed by atoms with Gasteiger partial charge in [0.25, 0.3) is 0 Å². The minimum absolute atomic E-state index is 0.0505. The molecule has 0 aliphatic rings. The maximum Gasteiger partial charge on any atom is 0.338 e. The highest BCUT2D eigenvalue weighted by Gasteiger charge is 2.06. The van der Waals surface area contributed by atoms with E-state index in [1.165, 1.54) is 12.4 Å². The second-order valence-corrected chi connectivity index (χ2v) is 3.09. The third kappa shape index (κ3) is 2.00. The Morgan fingerprint density at radius 1 is 1.25 bits per heavy atom. The molecule has 0 aliphatic heterocycles. The Morgan fingerprint density at radius 2 is 1.94 bits per heavy atom. The molecule has 0 bridgehead atoms. The standard InChI is InChI=1S/C10H8N4O2/c1-6-11-3-2-8(14-6)9-12-4-7(5-13-9)10(15)16/h2-5H,1H3,(H,15,16). The van der Waals surface area contributed by atoms with Crippen molar-refractivity contribution in [1.29, 1.82) is 0 Å². The second-order valence-electron chi connectivity index (χ2n) is 3.09. The molecule has 2 aromatic rings. The largest absolute Gasteiger partial charge is 0.478 e. The summed E-state index contributed by atoms with van der Waals surface area (Å²) in [6.07, 6.45) is 4.11. The van der Waals surface area contributed by atoms with Crippen molar-refractivity contribution in [2.45, 2.75) is 6.92 Å². The number of carboxylic acid groups (broad SMARTS) is 1. The van der Waals surface area contributed by atoms with Crippen molar-refractivity contribution in [1.82, 2.24) is 19.9 Å². The monoisotopic (exact) mass is 216 g/mol. The van der Waals surface area contributed by atoms with E-state index in [-0.39, 0.29) is 5.56 Å². The number of aromatic nitrogens is 4. The third-order valence-corrected chi connectivity index (χ3v) is 1.90. The van der Waals surface area contributed by atoms with Gasteiger partial charge >= 0.3 is 5.97 Å². The Labute approximate surface area is 91.1 Å². The van der Waals surface area contributed by atoms with Crippen molar-refractivity contribution in [2.24, 2.45) is 0 Å². The van der Waals surface area contributed by atoms with Gasteiger partial charge in [-0.25, -0.2) is 24.7 Å². The van der Waals surface area contributed by atoms with Crippen LogP contribution in [0.1, 0.15) is 16.2 Å². The molecule has 6 nitrogen and oxygen atoms in total. The van der Waals surface area contributed by atoms with E-state index in [2.05, 4.69) is 19.9 Å². The van der Waals surface area contributed by atoms with Crippen molar-refractivity contribution in [3.8, 4) is 11.5 Å². The van der Waals surface area contributed by atoms with E-state index in [0.717, 1.165) is 0 Å². The summed E-state index contributed by atoms with van der Waals surface area (Å²) in [6, 6.07) is 1.67. The number of aromatic carboxylic acids is 1. The molecule has 0 unspecified atom stereocenters. The van der Waals surface area contributed by atoms with E-state index in [9.17, 15) is 4.79 Å². The molecule has 2 rings (SSSR count). The first-order valence-electron chi connectivity index (χ1n) is 4.52. The number of carbonyl (C=O) groups is 1. The van der Waals surface area contributed by atoms with Gasteiger partial charge in [0, 0.05) is 18.6 Å². The van der Waals surface area contributed by atoms with Crippen LogP contribution in [0.4, 0.5) is 0 Å². The summed E-state index contributed by atoms with van der Waals surface area (Å²) in [7, 11) is 0. The number of hydrogen-bond donors (Lipinski definition) is 1. The van der Waals surface area contributed by atoms with Gasteiger partial charge in [0.05, 0.1) is 5.56 Å². The van der Waals surface area contributed by atoms with E-state index in [4.69, 9.17) is 5.11 Å². The molecule has 1 N–H and O–H groups in total. The van der Waals surface area contributed by atoms with Crippen molar-refractivity contribution in [3.05, 3.63) is 36.0 Å². The van der Waals surface area contributed by atoms with Gasteiger partial charge in [-0.1, -0.05) is 0 Å². The maximum absolute atomic E-state index is 10.6. The molecule has 2 heterocycles. The normalized spacial score (nSPS) is 10.1. The van der Waals surface area contributed by atoms with Crippen LogP contribution in [0.5, 0.6) is 0 Å². The van der Waals surface area contributed by atoms with Gasteiger partial charge in [-0.15, -0.1) is 0 Å². The average molecular weight is 216 g/mol. The lowest BCUT2D eigenvalue weighted by Crippen LogP contribution is -2.00. The fourth-order valence-corrected chi connectivity index (χ4v) is 1.15. The Hall–Kier alpha value is -2.37. The predicted octanol–water partition coefficient (Wildman–Crippen LogP) is 0.940. The van der Waals surface area contributed by atoms with Crippen molar-refractivity contribution >= 4 is 5.97 Å². The SMILES string of the molecule is Cc1nccc(-c2ncc(C(=O)O)cn2)n1. The van der Waals surface area contributed by atoms with Crippen LogP contribution >= 0.6 is 0 Å². The van der Waals surface area contributed by atoms with Gasteiger partial charge in [-0.2, -0.15) is 0 Å². The molecule has 0 saturated heterocycles. The molecule has 0 aliphatic carbocycles. The third-order valence-electron chi connectivity index (χ3n) is 1.90. The number of rotatable bonds is 2. The Bertz CT molecular complexity index is 525. The zero-order chi connectivity index (χ0) is 11.5. The van der Waals surface area contributed by atoms with Crippen LogP contribution in [0.25, 0.3) is 11.5 Å². The minimum Gasteiger partial charge on any atom is -0.478 e. The molecule has 0 aromatic carbocycles. The van der Waals surface area contributed by atoms with Crippen molar-refractivity contribution in [3.63, 3.8) is 0 Å². The molecule has 0 radical (unpaired) electrons. The van der Waals surface area contributed by atoms with Crippen LogP contribution in [-0.2, 0) is 0 Å². The van der Waals surface area contributed by atoms with E-state index >= 15 is 0 Å². The highest BCUT2D eigenvalue weighted by molar-refractivity contribution is 5.86. The van der Waals surface area contributed by atoms with Crippen LogP contribution in [0.2, 0.25) is 0 Å². The fourth-order valence-electron chi connectivity index (χ4n) is 1.15. The lowest BCUT2D eigenvalue weighted by Gasteiger charge is -1.99. The quantitative estimate of drug-likeness (QED) is 0.803. The molecule has 0 fully saturated rings. The van der Waals surface area contributed by atoms with Gasteiger partial charge in [0.1, 0.15) is 11.5 Å². The van der Waals surface area contributed by atoms with Crippen molar-refractivity contribution < 1.29 is 9.90 Å². The molecular formula is C10H8N4O2. The summed E-state index contributed by atoms with van der Waals surface area (Å²) in [5.74, 6) is -0.0515. The highest BCUT2D eigenvalue weighted by atomic mass is 16.4. The highest BCUT2D eigenvalue weighted by Crippen LogP contribution is 2.10. The minimum atomic E-state index is -1.05. The summed E-state index contributed by atoms with van der Waals surface area (Å²) in [6.45, 7) is 1.76. The zero-order valence-electron chi connectivity index (χ0n) is 8.45. The first-order valence-corrected chi connectivity index (χ1v) is 4.52. The molecular weight excluding hydrogens is 208 g/mol. The van der Waals surface area contributed by atoms with E-state index in [0.29, 0.717) is 17.3 Å². The molecule has 80 valence electrons. The Balaban J connectivity index is 2.38. The number of hydrogen-bond acceptors (Lipinski definition) is 5. The summed E-state index contributed by atoms with van der Waals surface area (Å²) in [4.78, 5) is 26.5. The number of nitrogens with zero attached hydrogens (tertiary/aromatic N) is 4. The predicted molar refractivity (Wildman–Crippen MR) is 54.8 cm³/mol. The Morgan fingerprint density at radius 3 is 2.50 bits per heavy atom. The fraction of sp³-hybridized carbons (Fsp3) is 0.100. The number of carboxylic acids is 1. The molecule has 0 amide bonds. The molecule has 6 heteroatoms. The van der Waals surface area contributed by atoms with E-state index in [1.54, 1.807) is 19.2 Å². The van der Waals surface area contributed by atoms with Gasteiger partial charge in [0.2, 0.25) is 0 Å². The summed E-state index contributed by atoms with van der Waals surface area (Å²) in [5.41, 5.74) is 0.624. The molecule has 2 aromatic heterocycles. The lowest BCUT2D eigenvalue weighted by molar-refractivity contribution is 0.0696. The topological polar surface area (TPSA) is 88.9 Å². The Kier molecular flexibility index (Phi) is 2.55. The second kappa shape index (κ2) is 4.01.